The lowest BCUT2D eigenvalue weighted by atomic mass is 9.77. The van der Waals surface area contributed by atoms with Crippen molar-refractivity contribution in [2.24, 2.45) is 17.6 Å². The summed E-state index contributed by atoms with van der Waals surface area (Å²) in [4.78, 5) is 10.9. The number of carbonyl (C=O) groups is 1. The lowest BCUT2D eigenvalue weighted by Crippen LogP contribution is -2.32. The molecule has 19 heavy (non-hydrogen) atoms. The van der Waals surface area contributed by atoms with Crippen LogP contribution in [-0.2, 0) is 14.3 Å². The van der Waals surface area contributed by atoms with E-state index in [9.17, 15) is 4.79 Å². The van der Waals surface area contributed by atoms with E-state index >= 15 is 0 Å². The molecule has 2 aliphatic heterocycles. The molecule has 0 aliphatic carbocycles. The van der Waals surface area contributed by atoms with Gasteiger partial charge >= 0.3 is 5.97 Å². The van der Waals surface area contributed by atoms with Crippen molar-refractivity contribution in [1.82, 2.24) is 0 Å². The van der Waals surface area contributed by atoms with Gasteiger partial charge in [-0.25, -0.2) is 0 Å². The molecule has 0 aromatic rings. The average Bonchev–Trinajstić information content (AvgIpc) is 3.02. The topological polar surface area (TPSA) is 61.5 Å². The number of esters is 1. The predicted octanol–water partition coefficient (Wildman–Crippen LogP) is 2.03. The Kier molecular flexibility index (Phi) is 5.40. The predicted molar refractivity (Wildman–Crippen MR) is 73.6 cm³/mol. The molecule has 0 aromatic heterocycles. The smallest absolute Gasteiger partial charge is 0.305 e. The number of allylic oxidation sites excluding steroid dienone is 2. The van der Waals surface area contributed by atoms with Crippen LogP contribution in [0.3, 0.4) is 0 Å². The summed E-state index contributed by atoms with van der Waals surface area (Å²) in [5.41, 5.74) is 5.86. The van der Waals surface area contributed by atoms with Gasteiger partial charge in [0.25, 0.3) is 0 Å². The quantitative estimate of drug-likeness (QED) is 0.435. The van der Waals surface area contributed by atoms with E-state index in [1.807, 2.05) is 0 Å². The summed E-state index contributed by atoms with van der Waals surface area (Å²) in [6.45, 7) is 0.738. The molecule has 108 valence electrons. The van der Waals surface area contributed by atoms with E-state index in [4.69, 9.17) is 10.5 Å². The van der Waals surface area contributed by atoms with Crippen LogP contribution in [0, 0.1) is 11.8 Å². The van der Waals surface area contributed by atoms with Crippen LogP contribution in [-0.4, -0.2) is 31.8 Å². The highest BCUT2D eigenvalue weighted by Crippen LogP contribution is 2.44. The van der Waals surface area contributed by atoms with Crippen molar-refractivity contribution in [1.29, 1.82) is 0 Å². The molecule has 2 bridgehead atoms. The second-order valence-corrected chi connectivity index (χ2v) is 5.53. The number of nitrogens with two attached hydrogens (primary N) is 1. The Morgan fingerprint density at radius 2 is 2.05 bits per heavy atom. The summed E-state index contributed by atoms with van der Waals surface area (Å²) in [6.07, 6.45) is 11.0. The molecule has 2 heterocycles. The molecule has 2 rings (SSSR count). The second kappa shape index (κ2) is 7.06. The van der Waals surface area contributed by atoms with Gasteiger partial charge in [-0.3, -0.25) is 4.79 Å². The molecule has 2 fully saturated rings. The Morgan fingerprint density at radius 1 is 1.32 bits per heavy atom. The van der Waals surface area contributed by atoms with Gasteiger partial charge in [0.15, 0.2) is 0 Å². The van der Waals surface area contributed by atoms with Crippen LogP contribution in [0.15, 0.2) is 12.2 Å². The van der Waals surface area contributed by atoms with Crippen LogP contribution in [0.2, 0.25) is 0 Å². The molecular weight excluding hydrogens is 242 g/mol. The molecule has 0 radical (unpaired) electrons. The van der Waals surface area contributed by atoms with E-state index in [2.05, 4.69) is 16.9 Å². The lowest BCUT2D eigenvalue weighted by molar-refractivity contribution is -0.140. The summed E-state index contributed by atoms with van der Waals surface area (Å²) in [6, 6.07) is 0. The van der Waals surface area contributed by atoms with Gasteiger partial charge in [0.2, 0.25) is 0 Å². The standard InChI is InChI=1S/C15H25NO3/c1-18-15(17)7-5-3-2-4-6-11-12(10-16)14-9-8-13(11)19-14/h2,4,11-14H,3,5-10,16H2,1H3/b4-2-/t11-,12+,13+,14-/m1/s1. The summed E-state index contributed by atoms with van der Waals surface area (Å²) in [5.74, 6) is 1.01. The zero-order chi connectivity index (χ0) is 13.7. The molecule has 0 aromatic carbocycles. The van der Waals surface area contributed by atoms with E-state index in [0.717, 1.165) is 25.8 Å². The Bertz CT molecular complexity index is 329. The number of hydrogen-bond acceptors (Lipinski definition) is 4. The van der Waals surface area contributed by atoms with Gasteiger partial charge in [-0.05, 0) is 44.6 Å². The van der Waals surface area contributed by atoms with Crippen molar-refractivity contribution < 1.29 is 14.3 Å². The largest absolute Gasteiger partial charge is 0.469 e. The highest BCUT2D eigenvalue weighted by molar-refractivity contribution is 5.68. The number of hydrogen-bond donors (Lipinski definition) is 1. The molecule has 4 heteroatoms. The fraction of sp³-hybridized carbons (Fsp3) is 0.800. The van der Waals surface area contributed by atoms with Gasteiger partial charge in [-0.2, -0.15) is 0 Å². The Hall–Kier alpha value is -0.870. The van der Waals surface area contributed by atoms with E-state index < -0.39 is 0 Å². The van der Waals surface area contributed by atoms with Crippen molar-refractivity contribution >= 4 is 5.97 Å². The zero-order valence-electron chi connectivity index (χ0n) is 11.7. The van der Waals surface area contributed by atoms with Crippen molar-refractivity contribution in [2.75, 3.05) is 13.7 Å². The van der Waals surface area contributed by atoms with E-state index in [1.54, 1.807) is 0 Å². The first kappa shape index (κ1) is 14.5. The molecule has 0 spiro atoms. The fourth-order valence-corrected chi connectivity index (χ4v) is 3.36. The minimum atomic E-state index is -0.127. The zero-order valence-corrected chi connectivity index (χ0v) is 11.7. The van der Waals surface area contributed by atoms with Crippen LogP contribution in [0.4, 0.5) is 0 Å². The minimum absolute atomic E-state index is 0.127. The maximum absolute atomic E-state index is 10.9. The Balaban J connectivity index is 1.66. The highest BCUT2D eigenvalue weighted by atomic mass is 16.5. The maximum atomic E-state index is 10.9. The molecular formula is C15H25NO3. The van der Waals surface area contributed by atoms with Gasteiger partial charge in [-0.1, -0.05) is 12.2 Å². The second-order valence-electron chi connectivity index (χ2n) is 5.53. The molecule has 2 N–H and O–H groups in total. The van der Waals surface area contributed by atoms with Gasteiger partial charge in [0.1, 0.15) is 0 Å². The maximum Gasteiger partial charge on any atom is 0.305 e. The molecule has 2 aliphatic rings. The van der Waals surface area contributed by atoms with Gasteiger partial charge < -0.3 is 15.2 Å². The third kappa shape index (κ3) is 3.57. The number of fused-ring (bicyclic) bond motifs is 2. The highest BCUT2D eigenvalue weighted by Gasteiger charge is 2.47. The third-order valence-corrected chi connectivity index (χ3v) is 4.42. The number of methoxy groups -OCH3 is 1. The SMILES string of the molecule is COC(=O)CCC/C=C\C[C@@H]1[C@H](CN)[C@H]2CC[C@@H]1O2. The number of rotatable bonds is 7. The fourth-order valence-electron chi connectivity index (χ4n) is 3.36. The van der Waals surface area contributed by atoms with Crippen molar-refractivity contribution in [3.63, 3.8) is 0 Å². The first-order valence-electron chi connectivity index (χ1n) is 7.33. The third-order valence-electron chi connectivity index (χ3n) is 4.42. The van der Waals surface area contributed by atoms with Crippen molar-refractivity contribution in [3.8, 4) is 0 Å². The lowest BCUT2D eigenvalue weighted by Gasteiger charge is -2.25. The van der Waals surface area contributed by atoms with Crippen molar-refractivity contribution in [3.05, 3.63) is 12.2 Å². The van der Waals surface area contributed by atoms with Crippen molar-refractivity contribution in [2.45, 2.75) is 50.7 Å². The van der Waals surface area contributed by atoms with Crippen LogP contribution in [0.25, 0.3) is 0 Å². The Morgan fingerprint density at radius 3 is 2.74 bits per heavy atom. The number of ether oxygens (including phenoxy) is 2. The summed E-state index contributed by atoms with van der Waals surface area (Å²) >= 11 is 0. The first-order valence-corrected chi connectivity index (χ1v) is 7.33. The van der Waals surface area contributed by atoms with Crippen LogP contribution < -0.4 is 5.73 Å². The van der Waals surface area contributed by atoms with Crippen LogP contribution in [0.5, 0.6) is 0 Å². The van der Waals surface area contributed by atoms with Gasteiger partial charge in [-0.15, -0.1) is 0 Å². The summed E-state index contributed by atoms with van der Waals surface area (Å²) in [7, 11) is 1.43. The van der Waals surface area contributed by atoms with Gasteiger partial charge in [0.05, 0.1) is 19.3 Å². The summed E-state index contributed by atoms with van der Waals surface area (Å²) < 4.78 is 10.5. The van der Waals surface area contributed by atoms with E-state index in [-0.39, 0.29) is 5.97 Å². The molecule has 0 amide bonds. The number of carbonyl (C=O) groups excluding carboxylic acids is 1. The van der Waals surface area contributed by atoms with E-state index in [0.29, 0.717) is 30.5 Å². The number of unbranched alkanes of at least 4 members (excludes halogenated alkanes) is 1. The minimum Gasteiger partial charge on any atom is -0.469 e. The summed E-state index contributed by atoms with van der Waals surface area (Å²) in [5, 5.41) is 0. The first-order chi connectivity index (χ1) is 9.26. The molecule has 0 unspecified atom stereocenters. The normalized spacial score (nSPS) is 33.2. The van der Waals surface area contributed by atoms with Crippen LogP contribution >= 0.6 is 0 Å². The monoisotopic (exact) mass is 267 g/mol. The molecule has 4 atom stereocenters. The average molecular weight is 267 g/mol. The molecule has 2 saturated heterocycles. The molecule has 4 nitrogen and oxygen atoms in total. The van der Waals surface area contributed by atoms with E-state index in [1.165, 1.54) is 20.0 Å². The van der Waals surface area contributed by atoms with Crippen LogP contribution in [0.1, 0.15) is 38.5 Å². The molecule has 0 saturated carbocycles. The Labute approximate surface area is 115 Å². The van der Waals surface area contributed by atoms with Gasteiger partial charge in [0, 0.05) is 12.3 Å².